The van der Waals surface area contributed by atoms with E-state index in [1.54, 1.807) is 0 Å². The van der Waals surface area contributed by atoms with Gasteiger partial charge in [0, 0.05) is 6.42 Å². The fraction of sp³-hybridized carbons (Fsp3) is 0.875. The second-order valence-corrected chi connectivity index (χ2v) is 2.99. The van der Waals surface area contributed by atoms with Gasteiger partial charge in [0.2, 0.25) is 0 Å². The van der Waals surface area contributed by atoms with E-state index < -0.39 is 0 Å². The largest absolute Gasteiger partial charge is 0.298 e. The van der Waals surface area contributed by atoms with Gasteiger partial charge in [0.1, 0.15) is 5.78 Å². The number of hydrogen-bond acceptors (Lipinski definition) is 1. The number of Topliss-reactive ketones (excluding diaryl/α,β-unsaturated/α-hetero) is 1. The first-order valence-electron chi connectivity index (χ1n) is 3.78. The molecule has 0 rings (SSSR count). The highest BCUT2D eigenvalue weighted by Gasteiger charge is 2.02. The van der Waals surface area contributed by atoms with Gasteiger partial charge in [-0.1, -0.05) is 20.3 Å². The Labute approximate surface area is 67.8 Å². The lowest BCUT2D eigenvalue weighted by atomic mass is 10.0. The van der Waals surface area contributed by atoms with Crippen LogP contribution < -0.4 is 0 Å². The van der Waals surface area contributed by atoms with Crippen molar-refractivity contribution in [3.8, 4) is 0 Å². The molecule has 1 atom stereocenters. The first-order valence-corrected chi connectivity index (χ1v) is 4.31. The van der Waals surface area contributed by atoms with Crippen LogP contribution in [0.1, 0.15) is 33.1 Å². The van der Waals surface area contributed by atoms with Crippen LogP contribution in [0, 0.1) is 5.92 Å². The molecule has 0 heterocycles. The average molecular weight is 163 g/mol. The lowest BCUT2D eigenvalue weighted by molar-refractivity contribution is -0.117. The highest BCUT2D eigenvalue weighted by atomic mass is 35.5. The van der Waals surface area contributed by atoms with Crippen LogP contribution in [0.3, 0.4) is 0 Å². The van der Waals surface area contributed by atoms with Crippen LogP contribution in [0.5, 0.6) is 0 Å². The Bertz CT molecular complexity index is 101. The number of rotatable bonds is 5. The first-order chi connectivity index (χ1) is 4.70. The second-order valence-electron chi connectivity index (χ2n) is 2.72. The Balaban J connectivity index is 3.26. The minimum atomic E-state index is 0.168. The van der Waals surface area contributed by atoms with Crippen molar-refractivity contribution >= 4 is 17.4 Å². The molecule has 10 heavy (non-hydrogen) atoms. The predicted molar refractivity (Wildman–Crippen MR) is 44.4 cm³/mol. The van der Waals surface area contributed by atoms with Crippen molar-refractivity contribution in [2.75, 3.05) is 5.88 Å². The number of ketones is 1. The molecule has 0 aromatic rings. The lowest BCUT2D eigenvalue weighted by Crippen LogP contribution is -2.02. The molecule has 60 valence electrons. The normalized spacial score (nSPS) is 13.1. The molecule has 0 aliphatic carbocycles. The maximum absolute atomic E-state index is 10.7. The molecule has 0 aliphatic heterocycles. The molecule has 0 spiro atoms. The van der Waals surface area contributed by atoms with Crippen LogP contribution in [-0.4, -0.2) is 11.7 Å². The predicted octanol–water partition coefficient (Wildman–Crippen LogP) is 2.62. The third-order valence-corrected chi connectivity index (χ3v) is 2.06. The number of carbonyl (C=O) groups is 1. The summed E-state index contributed by atoms with van der Waals surface area (Å²) in [4.78, 5) is 10.7. The summed E-state index contributed by atoms with van der Waals surface area (Å²) >= 11 is 5.33. The molecule has 0 radical (unpaired) electrons. The summed E-state index contributed by atoms with van der Waals surface area (Å²) in [6, 6.07) is 0. The van der Waals surface area contributed by atoms with Gasteiger partial charge in [-0.2, -0.15) is 0 Å². The van der Waals surface area contributed by atoms with Crippen LogP contribution in [0.15, 0.2) is 0 Å². The smallest absolute Gasteiger partial charge is 0.147 e. The van der Waals surface area contributed by atoms with E-state index in [2.05, 4.69) is 13.8 Å². The summed E-state index contributed by atoms with van der Waals surface area (Å²) in [6.45, 7) is 4.29. The fourth-order valence-corrected chi connectivity index (χ4v) is 0.812. The zero-order valence-electron chi connectivity index (χ0n) is 6.69. The number of carbonyl (C=O) groups excluding carboxylic acids is 1. The van der Waals surface area contributed by atoms with E-state index >= 15 is 0 Å². The molecule has 2 heteroatoms. The molecule has 0 aromatic carbocycles. The minimum absolute atomic E-state index is 0.168. The van der Waals surface area contributed by atoms with Crippen molar-refractivity contribution in [2.45, 2.75) is 33.1 Å². The van der Waals surface area contributed by atoms with Gasteiger partial charge in [-0.05, 0) is 12.3 Å². The monoisotopic (exact) mass is 162 g/mol. The third-order valence-electron chi connectivity index (χ3n) is 1.76. The van der Waals surface area contributed by atoms with Crippen LogP contribution in [0.4, 0.5) is 0 Å². The molecule has 0 aromatic heterocycles. The molecule has 0 aliphatic rings. The molecule has 0 N–H and O–H groups in total. The first kappa shape index (κ1) is 9.96. The van der Waals surface area contributed by atoms with E-state index in [1.165, 1.54) is 0 Å². The summed E-state index contributed by atoms with van der Waals surface area (Å²) < 4.78 is 0. The van der Waals surface area contributed by atoms with Crippen molar-refractivity contribution < 1.29 is 4.79 Å². The zero-order chi connectivity index (χ0) is 7.98. The molecule has 0 saturated carbocycles. The Morgan fingerprint density at radius 1 is 1.60 bits per heavy atom. The second kappa shape index (κ2) is 5.72. The van der Waals surface area contributed by atoms with Gasteiger partial charge in [-0.3, -0.25) is 4.79 Å². The SMILES string of the molecule is CCC(C)CCC(=O)CCl. The maximum atomic E-state index is 10.7. The number of hydrogen-bond donors (Lipinski definition) is 0. The molecule has 1 unspecified atom stereocenters. The lowest BCUT2D eigenvalue weighted by Gasteiger charge is -2.04. The Morgan fingerprint density at radius 2 is 2.20 bits per heavy atom. The van der Waals surface area contributed by atoms with Crippen LogP contribution in [0.2, 0.25) is 0 Å². The summed E-state index contributed by atoms with van der Waals surface area (Å²) in [7, 11) is 0. The van der Waals surface area contributed by atoms with Crippen LogP contribution in [-0.2, 0) is 4.79 Å². The molecule has 0 bridgehead atoms. The molecular formula is C8H15ClO. The van der Waals surface area contributed by atoms with E-state index in [4.69, 9.17) is 11.6 Å². The van der Waals surface area contributed by atoms with Gasteiger partial charge in [0.25, 0.3) is 0 Å². The minimum Gasteiger partial charge on any atom is -0.298 e. The fourth-order valence-electron chi connectivity index (χ4n) is 0.678. The maximum Gasteiger partial charge on any atom is 0.147 e. The molecule has 0 amide bonds. The highest BCUT2D eigenvalue weighted by molar-refractivity contribution is 6.27. The standard InChI is InChI=1S/C8H15ClO/c1-3-7(2)4-5-8(10)6-9/h7H,3-6H2,1-2H3. The van der Waals surface area contributed by atoms with Gasteiger partial charge < -0.3 is 0 Å². The van der Waals surface area contributed by atoms with Crippen molar-refractivity contribution in [3.05, 3.63) is 0 Å². The topological polar surface area (TPSA) is 17.1 Å². The van der Waals surface area contributed by atoms with Gasteiger partial charge in [-0.25, -0.2) is 0 Å². The molecular weight excluding hydrogens is 148 g/mol. The van der Waals surface area contributed by atoms with Gasteiger partial charge in [0.05, 0.1) is 5.88 Å². The highest BCUT2D eigenvalue weighted by Crippen LogP contribution is 2.09. The quantitative estimate of drug-likeness (QED) is 0.568. The van der Waals surface area contributed by atoms with E-state index in [1.807, 2.05) is 0 Å². The Morgan fingerprint density at radius 3 is 2.60 bits per heavy atom. The van der Waals surface area contributed by atoms with Crippen molar-refractivity contribution in [1.82, 2.24) is 0 Å². The van der Waals surface area contributed by atoms with Crippen molar-refractivity contribution in [2.24, 2.45) is 5.92 Å². The summed E-state index contributed by atoms with van der Waals surface area (Å²) in [5, 5.41) is 0. The van der Waals surface area contributed by atoms with E-state index in [0.29, 0.717) is 12.3 Å². The zero-order valence-corrected chi connectivity index (χ0v) is 7.45. The Hall–Kier alpha value is -0.0400. The van der Waals surface area contributed by atoms with Gasteiger partial charge >= 0.3 is 0 Å². The van der Waals surface area contributed by atoms with Crippen molar-refractivity contribution in [3.63, 3.8) is 0 Å². The van der Waals surface area contributed by atoms with E-state index in [0.717, 1.165) is 12.8 Å². The van der Waals surface area contributed by atoms with Crippen LogP contribution >= 0.6 is 11.6 Å². The third kappa shape index (κ3) is 4.80. The summed E-state index contributed by atoms with van der Waals surface area (Å²) in [5.74, 6) is 1.00. The van der Waals surface area contributed by atoms with Gasteiger partial charge in [0.15, 0.2) is 0 Å². The van der Waals surface area contributed by atoms with E-state index in [-0.39, 0.29) is 11.7 Å². The Kier molecular flexibility index (Phi) is 5.70. The molecule has 1 nitrogen and oxygen atoms in total. The number of halogens is 1. The van der Waals surface area contributed by atoms with Crippen molar-refractivity contribution in [1.29, 1.82) is 0 Å². The molecule has 0 fully saturated rings. The number of alkyl halides is 1. The average Bonchev–Trinajstić information content (AvgIpc) is 1.99. The summed E-state index contributed by atoms with van der Waals surface area (Å²) in [5.41, 5.74) is 0. The van der Waals surface area contributed by atoms with Gasteiger partial charge in [-0.15, -0.1) is 11.6 Å². The van der Waals surface area contributed by atoms with E-state index in [9.17, 15) is 4.79 Å². The molecule has 0 saturated heterocycles. The van der Waals surface area contributed by atoms with Crippen LogP contribution in [0.25, 0.3) is 0 Å². The summed E-state index contributed by atoms with van der Waals surface area (Å²) in [6.07, 6.45) is 2.79.